The Kier molecular flexibility index (Phi) is 9.43. The largest absolute Gasteiger partial charge is 0.444 e. The van der Waals surface area contributed by atoms with Gasteiger partial charge in [0.15, 0.2) is 0 Å². The fraction of sp³-hybridized carbons (Fsp3) is 0.583. The zero-order valence-corrected chi connectivity index (χ0v) is 20.8. The summed E-state index contributed by atoms with van der Waals surface area (Å²) in [4.78, 5) is 39.9. The number of benzene rings is 1. The maximum atomic E-state index is 13.4. The number of nitriles is 1. The number of aliphatic hydroxyl groups excluding tert-OH is 1. The van der Waals surface area contributed by atoms with Crippen molar-refractivity contribution >= 4 is 17.9 Å². The zero-order chi connectivity index (χ0) is 25.6. The highest BCUT2D eigenvalue weighted by molar-refractivity contribution is 5.92. The number of aryl methyl sites for hydroxylation is 2. The molecule has 9 nitrogen and oxygen atoms in total. The van der Waals surface area contributed by atoms with Crippen LogP contribution in [0.2, 0.25) is 0 Å². The van der Waals surface area contributed by atoms with Crippen LogP contribution in [0.3, 0.4) is 0 Å². The van der Waals surface area contributed by atoms with Gasteiger partial charge in [0.05, 0.1) is 12.7 Å². The van der Waals surface area contributed by atoms with Crippen LogP contribution in [0.25, 0.3) is 0 Å². The van der Waals surface area contributed by atoms with E-state index in [-0.39, 0.29) is 0 Å². The van der Waals surface area contributed by atoms with E-state index in [1.54, 1.807) is 53.7 Å². The van der Waals surface area contributed by atoms with Gasteiger partial charge in [-0.25, -0.2) is 4.79 Å². The Balaban J connectivity index is 3.42. The molecule has 182 valence electrons. The average molecular weight is 461 g/mol. The van der Waals surface area contributed by atoms with Crippen LogP contribution in [0.1, 0.15) is 64.3 Å². The molecule has 9 heteroatoms. The summed E-state index contributed by atoms with van der Waals surface area (Å²) in [6, 6.07) is 4.71. The molecule has 3 N–H and O–H groups in total. The van der Waals surface area contributed by atoms with E-state index >= 15 is 0 Å². The number of carbonyl (C=O) groups excluding carboxylic acids is 3. The van der Waals surface area contributed by atoms with Crippen molar-refractivity contribution in [3.05, 3.63) is 34.9 Å². The number of nitrogens with zero attached hydrogens (tertiary/aromatic N) is 2. The van der Waals surface area contributed by atoms with Gasteiger partial charge in [0.2, 0.25) is 11.8 Å². The van der Waals surface area contributed by atoms with Gasteiger partial charge in [0, 0.05) is 5.54 Å². The van der Waals surface area contributed by atoms with Gasteiger partial charge in [-0.3, -0.25) is 9.59 Å². The summed E-state index contributed by atoms with van der Waals surface area (Å²) in [5.74, 6) is -1.26. The normalized spacial score (nSPS) is 13.3. The van der Waals surface area contributed by atoms with Crippen LogP contribution in [-0.4, -0.2) is 58.2 Å². The van der Waals surface area contributed by atoms with Crippen LogP contribution in [0.4, 0.5) is 4.79 Å². The first-order valence-corrected chi connectivity index (χ1v) is 10.8. The minimum absolute atomic E-state index is 0.430. The molecule has 1 aromatic rings. The summed E-state index contributed by atoms with van der Waals surface area (Å²) in [5, 5.41) is 24.4. The number of hydrogen-bond acceptors (Lipinski definition) is 6. The van der Waals surface area contributed by atoms with Crippen molar-refractivity contribution in [2.45, 2.75) is 78.6 Å². The zero-order valence-electron chi connectivity index (χ0n) is 20.8. The Labute approximate surface area is 196 Å². The molecule has 33 heavy (non-hydrogen) atoms. The fourth-order valence-electron chi connectivity index (χ4n) is 3.05. The monoisotopic (exact) mass is 460 g/mol. The van der Waals surface area contributed by atoms with Crippen molar-refractivity contribution in [1.29, 1.82) is 5.26 Å². The summed E-state index contributed by atoms with van der Waals surface area (Å²) in [5.41, 5.74) is 1.02. The molecule has 0 bridgehead atoms. The van der Waals surface area contributed by atoms with Crippen LogP contribution in [0.5, 0.6) is 0 Å². The first kappa shape index (κ1) is 27.9. The van der Waals surface area contributed by atoms with E-state index in [4.69, 9.17) is 4.74 Å². The molecule has 0 radical (unpaired) electrons. The fourth-order valence-corrected chi connectivity index (χ4v) is 3.05. The first-order chi connectivity index (χ1) is 15.1. The van der Waals surface area contributed by atoms with Gasteiger partial charge < -0.3 is 25.4 Å². The van der Waals surface area contributed by atoms with Crippen molar-refractivity contribution in [1.82, 2.24) is 15.5 Å². The van der Waals surface area contributed by atoms with Crippen LogP contribution in [0.15, 0.2) is 18.2 Å². The second-order valence-electron chi connectivity index (χ2n) is 9.99. The number of aliphatic hydroxyl groups is 1. The topological polar surface area (TPSA) is 132 Å². The molecule has 0 aliphatic rings. The molecule has 3 amide bonds. The molecule has 1 aromatic carbocycles. The number of amides is 3. The lowest BCUT2D eigenvalue weighted by atomic mass is 9.97. The molecule has 0 saturated heterocycles. The molecular formula is C24H36N4O5. The van der Waals surface area contributed by atoms with Crippen molar-refractivity contribution in [3.8, 4) is 6.07 Å². The highest BCUT2D eigenvalue weighted by Gasteiger charge is 2.37. The minimum atomic E-state index is -1.40. The maximum Gasteiger partial charge on any atom is 0.408 e. The van der Waals surface area contributed by atoms with Crippen molar-refractivity contribution in [2.75, 3.05) is 13.2 Å². The molecule has 1 rings (SSSR count). The van der Waals surface area contributed by atoms with Crippen molar-refractivity contribution in [3.63, 3.8) is 0 Å². The van der Waals surface area contributed by atoms with Gasteiger partial charge in [-0.2, -0.15) is 5.26 Å². The van der Waals surface area contributed by atoms with E-state index in [0.717, 1.165) is 16.0 Å². The van der Waals surface area contributed by atoms with Gasteiger partial charge in [-0.15, -0.1) is 0 Å². The van der Waals surface area contributed by atoms with Crippen molar-refractivity contribution < 1.29 is 24.2 Å². The highest BCUT2D eigenvalue weighted by Crippen LogP contribution is 2.25. The third kappa shape index (κ3) is 8.73. The number of ether oxygens (including phenoxy) is 1. The second kappa shape index (κ2) is 11.1. The molecule has 0 fully saturated rings. The average Bonchev–Trinajstić information content (AvgIpc) is 2.65. The summed E-state index contributed by atoms with van der Waals surface area (Å²) in [6.45, 7) is 13.0. The number of carbonyl (C=O) groups is 3. The SMILES string of the molecule is Cc1ccc(C(C(=O)NC(C)(C)C)N(CC#N)C(=O)C(CO)NC(=O)OC(C)(C)C)cc1C. The van der Waals surface area contributed by atoms with Gasteiger partial charge in [0.25, 0.3) is 0 Å². The Morgan fingerprint density at radius 2 is 1.73 bits per heavy atom. The van der Waals surface area contributed by atoms with Crippen molar-refractivity contribution in [2.24, 2.45) is 0 Å². The Bertz CT molecular complexity index is 909. The Hall–Kier alpha value is -3.12. The standard InChI is InChI=1S/C24H36N4O5/c1-15-9-10-17(13-16(15)2)19(20(30)27-23(3,4)5)28(12-11-25)21(31)18(14-29)26-22(32)33-24(6,7)8/h9-10,13,18-19,29H,12,14H2,1-8H3,(H,26,32)(H,27,30). The van der Waals surface area contributed by atoms with E-state index in [9.17, 15) is 24.8 Å². The van der Waals surface area contributed by atoms with Crippen LogP contribution in [0, 0.1) is 25.2 Å². The maximum absolute atomic E-state index is 13.4. The molecule has 2 unspecified atom stereocenters. The molecular weight excluding hydrogens is 424 g/mol. The van der Waals surface area contributed by atoms with Gasteiger partial charge in [0.1, 0.15) is 24.2 Å². The Morgan fingerprint density at radius 1 is 1.12 bits per heavy atom. The van der Waals surface area contributed by atoms with E-state index in [1.807, 2.05) is 26.0 Å². The molecule has 0 aromatic heterocycles. The van der Waals surface area contributed by atoms with Crippen LogP contribution >= 0.6 is 0 Å². The predicted molar refractivity (Wildman–Crippen MR) is 124 cm³/mol. The molecule has 0 spiro atoms. The van der Waals surface area contributed by atoms with Crippen LogP contribution in [-0.2, 0) is 14.3 Å². The van der Waals surface area contributed by atoms with Gasteiger partial charge in [-0.1, -0.05) is 18.2 Å². The summed E-state index contributed by atoms with van der Waals surface area (Å²) in [6.07, 6.45) is -0.895. The molecule has 0 saturated carbocycles. The molecule has 0 aliphatic heterocycles. The smallest absolute Gasteiger partial charge is 0.408 e. The predicted octanol–water partition coefficient (Wildman–Crippen LogP) is 2.50. The number of alkyl carbamates (subject to hydrolysis) is 1. The van der Waals surface area contributed by atoms with Crippen LogP contribution < -0.4 is 10.6 Å². The van der Waals surface area contributed by atoms with E-state index in [0.29, 0.717) is 5.56 Å². The van der Waals surface area contributed by atoms with E-state index in [2.05, 4.69) is 10.6 Å². The summed E-state index contributed by atoms with van der Waals surface area (Å²) < 4.78 is 5.17. The first-order valence-electron chi connectivity index (χ1n) is 10.8. The van der Waals surface area contributed by atoms with Gasteiger partial charge in [-0.05, 0) is 72.1 Å². The van der Waals surface area contributed by atoms with E-state index < -0.39 is 54.3 Å². The van der Waals surface area contributed by atoms with Gasteiger partial charge >= 0.3 is 6.09 Å². The lowest BCUT2D eigenvalue weighted by Gasteiger charge is -2.34. The third-order valence-electron chi connectivity index (χ3n) is 4.60. The lowest BCUT2D eigenvalue weighted by Crippen LogP contribution is -2.55. The summed E-state index contributed by atoms with van der Waals surface area (Å²) in [7, 11) is 0. The highest BCUT2D eigenvalue weighted by atomic mass is 16.6. The molecule has 0 heterocycles. The summed E-state index contributed by atoms with van der Waals surface area (Å²) >= 11 is 0. The minimum Gasteiger partial charge on any atom is -0.444 e. The molecule has 0 aliphatic carbocycles. The number of nitrogens with one attached hydrogen (secondary N) is 2. The number of rotatable bonds is 7. The third-order valence-corrected chi connectivity index (χ3v) is 4.60. The lowest BCUT2D eigenvalue weighted by molar-refractivity contribution is -0.143. The second-order valence-corrected chi connectivity index (χ2v) is 9.99. The van der Waals surface area contributed by atoms with E-state index in [1.165, 1.54) is 0 Å². The quantitative estimate of drug-likeness (QED) is 0.536. The number of hydrogen-bond donors (Lipinski definition) is 3. The Morgan fingerprint density at radius 3 is 2.18 bits per heavy atom. The molecule has 2 atom stereocenters.